The molecule has 0 aliphatic heterocycles. The van der Waals surface area contributed by atoms with Crippen molar-refractivity contribution in [1.29, 1.82) is 0 Å². The number of hydrogen-bond acceptors (Lipinski definition) is 5. The molecule has 0 aliphatic rings. The summed E-state index contributed by atoms with van der Waals surface area (Å²) in [6.07, 6.45) is -3.42. The van der Waals surface area contributed by atoms with Gasteiger partial charge in [0, 0.05) is 10.7 Å². The Hall–Kier alpha value is -2.03. The maximum Gasteiger partial charge on any atom is 0.573 e. The molecule has 2 aromatic rings. The van der Waals surface area contributed by atoms with Gasteiger partial charge in [0.05, 0.1) is 5.69 Å². The second-order valence-electron chi connectivity index (χ2n) is 3.62. The Bertz CT molecular complexity index is 621. The number of nitrogen functional groups attached to an aromatic ring is 1. The number of alkyl halides is 3. The maximum absolute atomic E-state index is 12.3. The Morgan fingerprint density at radius 2 is 2.00 bits per heavy atom. The number of rotatable bonds is 3. The van der Waals surface area contributed by atoms with Crippen LogP contribution >= 0.6 is 15.9 Å². The third kappa shape index (κ3) is 3.98. The zero-order valence-corrected chi connectivity index (χ0v) is 11.4. The lowest BCUT2D eigenvalue weighted by molar-refractivity contribution is -0.274. The second kappa shape index (κ2) is 5.53. The van der Waals surface area contributed by atoms with Gasteiger partial charge in [0.15, 0.2) is 5.75 Å². The lowest BCUT2D eigenvalue weighted by Crippen LogP contribution is -2.18. The minimum Gasteiger partial charge on any atom is -0.404 e. The van der Waals surface area contributed by atoms with Crippen molar-refractivity contribution >= 4 is 33.4 Å². The summed E-state index contributed by atoms with van der Waals surface area (Å²) in [6, 6.07) is 5.59. The first-order chi connectivity index (χ1) is 9.33. The van der Waals surface area contributed by atoms with Gasteiger partial charge in [0.1, 0.15) is 5.82 Å². The van der Waals surface area contributed by atoms with Crippen LogP contribution in [-0.2, 0) is 0 Å². The predicted molar refractivity (Wildman–Crippen MR) is 70.6 cm³/mol. The quantitative estimate of drug-likeness (QED) is 0.888. The van der Waals surface area contributed by atoms with Crippen molar-refractivity contribution in [1.82, 2.24) is 9.97 Å². The molecule has 1 aromatic heterocycles. The van der Waals surface area contributed by atoms with Gasteiger partial charge in [0.25, 0.3) is 0 Å². The molecule has 0 unspecified atom stereocenters. The highest BCUT2D eigenvalue weighted by Gasteiger charge is 2.32. The second-order valence-corrected chi connectivity index (χ2v) is 4.53. The Labute approximate surface area is 120 Å². The van der Waals surface area contributed by atoms with Gasteiger partial charge in [-0.05, 0) is 24.3 Å². The fourth-order valence-corrected chi connectivity index (χ4v) is 1.70. The first-order valence-electron chi connectivity index (χ1n) is 5.24. The summed E-state index contributed by atoms with van der Waals surface area (Å²) in [6.45, 7) is 0. The summed E-state index contributed by atoms with van der Waals surface area (Å²) < 4.78 is 41.4. The molecule has 0 atom stereocenters. The first-order valence-corrected chi connectivity index (χ1v) is 6.03. The number of ether oxygens (including phenoxy) is 1. The summed E-state index contributed by atoms with van der Waals surface area (Å²) in [5.41, 5.74) is 5.53. The van der Waals surface area contributed by atoms with E-state index < -0.39 is 12.1 Å². The van der Waals surface area contributed by atoms with E-state index >= 15 is 0 Å². The molecular weight excluding hydrogens is 341 g/mol. The third-order valence-electron chi connectivity index (χ3n) is 2.09. The average molecular weight is 349 g/mol. The van der Waals surface area contributed by atoms with Crippen LogP contribution in [0.15, 0.2) is 34.9 Å². The Morgan fingerprint density at radius 3 is 2.65 bits per heavy atom. The van der Waals surface area contributed by atoms with Gasteiger partial charge in [-0.1, -0.05) is 15.9 Å². The first kappa shape index (κ1) is 14.4. The Morgan fingerprint density at radius 1 is 1.25 bits per heavy atom. The van der Waals surface area contributed by atoms with Gasteiger partial charge in [0.2, 0.25) is 5.95 Å². The molecule has 0 aliphatic carbocycles. The van der Waals surface area contributed by atoms with E-state index in [2.05, 4.69) is 36.0 Å². The monoisotopic (exact) mass is 348 g/mol. The molecule has 0 fully saturated rings. The van der Waals surface area contributed by atoms with E-state index in [1.807, 2.05) is 0 Å². The molecule has 9 heteroatoms. The summed E-state index contributed by atoms with van der Waals surface area (Å²) in [5.74, 6) is -0.143. The van der Waals surface area contributed by atoms with Gasteiger partial charge in [-0.15, -0.1) is 13.2 Å². The van der Waals surface area contributed by atoms with Crippen molar-refractivity contribution in [2.75, 3.05) is 11.1 Å². The molecule has 0 radical (unpaired) electrons. The van der Waals surface area contributed by atoms with Crippen molar-refractivity contribution < 1.29 is 17.9 Å². The molecular formula is C11H8BrF3N4O. The van der Waals surface area contributed by atoms with Gasteiger partial charge in [-0.2, -0.15) is 4.98 Å². The molecule has 1 aromatic carbocycles. The zero-order valence-electron chi connectivity index (χ0n) is 9.78. The molecule has 0 saturated heterocycles. The van der Waals surface area contributed by atoms with Crippen LogP contribution in [0.2, 0.25) is 0 Å². The maximum atomic E-state index is 12.3. The number of nitrogens with one attached hydrogen (secondary N) is 1. The molecule has 3 N–H and O–H groups in total. The Kier molecular flexibility index (Phi) is 3.98. The van der Waals surface area contributed by atoms with E-state index in [0.717, 1.165) is 0 Å². The number of anilines is 3. The van der Waals surface area contributed by atoms with Crippen molar-refractivity contribution in [3.63, 3.8) is 0 Å². The van der Waals surface area contributed by atoms with E-state index in [9.17, 15) is 13.2 Å². The van der Waals surface area contributed by atoms with E-state index in [1.54, 1.807) is 6.07 Å². The third-order valence-corrected chi connectivity index (χ3v) is 2.59. The van der Waals surface area contributed by atoms with Crippen LogP contribution in [0.1, 0.15) is 0 Å². The topological polar surface area (TPSA) is 73.1 Å². The van der Waals surface area contributed by atoms with Crippen LogP contribution in [0, 0.1) is 0 Å². The fourth-order valence-electron chi connectivity index (χ4n) is 1.36. The molecule has 0 saturated carbocycles. The molecule has 0 amide bonds. The van der Waals surface area contributed by atoms with Crippen LogP contribution in [-0.4, -0.2) is 16.3 Å². The normalized spacial score (nSPS) is 11.2. The predicted octanol–water partition coefficient (Wildman–Crippen LogP) is 3.46. The Balaban J connectivity index is 2.31. The van der Waals surface area contributed by atoms with Crippen LogP contribution in [0.3, 0.4) is 0 Å². The number of nitrogens with zero attached hydrogens (tertiary/aromatic N) is 2. The van der Waals surface area contributed by atoms with Gasteiger partial charge < -0.3 is 15.8 Å². The highest BCUT2D eigenvalue weighted by Crippen LogP contribution is 2.34. The molecule has 5 nitrogen and oxygen atoms in total. The smallest absolute Gasteiger partial charge is 0.404 e. The summed E-state index contributed by atoms with van der Waals surface area (Å²) in [7, 11) is 0. The van der Waals surface area contributed by atoms with Crippen molar-refractivity contribution in [3.05, 3.63) is 34.9 Å². The van der Waals surface area contributed by atoms with Gasteiger partial charge >= 0.3 is 6.36 Å². The number of halogens is 4. The van der Waals surface area contributed by atoms with E-state index in [0.29, 0.717) is 4.47 Å². The molecule has 106 valence electrons. The largest absolute Gasteiger partial charge is 0.573 e. The fraction of sp³-hybridized carbons (Fsp3) is 0.0909. The van der Waals surface area contributed by atoms with Gasteiger partial charge in [-0.3, -0.25) is 0 Å². The van der Waals surface area contributed by atoms with Crippen molar-refractivity contribution in [2.24, 2.45) is 0 Å². The van der Waals surface area contributed by atoms with Crippen LogP contribution in [0.4, 0.5) is 30.6 Å². The summed E-state index contributed by atoms with van der Waals surface area (Å²) >= 11 is 3.07. The SMILES string of the molecule is Nc1ccnc(Nc2ccc(Br)cc2OC(F)(F)F)n1. The highest BCUT2D eigenvalue weighted by molar-refractivity contribution is 9.10. The number of nitrogens with two attached hydrogens (primary N) is 1. The van der Waals surface area contributed by atoms with E-state index in [4.69, 9.17) is 5.73 Å². The molecule has 0 bridgehead atoms. The van der Waals surface area contributed by atoms with E-state index in [-0.39, 0.29) is 17.5 Å². The lowest BCUT2D eigenvalue weighted by atomic mass is 10.3. The number of hydrogen-bond donors (Lipinski definition) is 2. The number of benzene rings is 1. The van der Waals surface area contributed by atoms with Crippen molar-refractivity contribution in [3.8, 4) is 5.75 Å². The average Bonchev–Trinajstić information content (AvgIpc) is 2.31. The van der Waals surface area contributed by atoms with Crippen LogP contribution in [0.5, 0.6) is 5.75 Å². The highest BCUT2D eigenvalue weighted by atomic mass is 79.9. The zero-order chi connectivity index (χ0) is 14.8. The molecule has 0 spiro atoms. The lowest BCUT2D eigenvalue weighted by Gasteiger charge is -2.14. The van der Waals surface area contributed by atoms with Crippen molar-refractivity contribution in [2.45, 2.75) is 6.36 Å². The molecule has 1 heterocycles. The van der Waals surface area contributed by atoms with Gasteiger partial charge in [-0.25, -0.2) is 4.98 Å². The van der Waals surface area contributed by atoms with Crippen LogP contribution in [0.25, 0.3) is 0 Å². The summed E-state index contributed by atoms with van der Waals surface area (Å²) in [5, 5.41) is 2.62. The standard InChI is InChI=1S/C11H8BrF3N4O/c12-6-1-2-7(8(5-6)20-11(13,14)15)18-10-17-4-3-9(16)19-10/h1-5H,(H3,16,17,18,19). The van der Waals surface area contributed by atoms with E-state index in [1.165, 1.54) is 24.4 Å². The number of aromatic nitrogens is 2. The minimum absolute atomic E-state index is 0.0659. The van der Waals surface area contributed by atoms with Crippen LogP contribution < -0.4 is 15.8 Å². The summed E-state index contributed by atoms with van der Waals surface area (Å²) in [4.78, 5) is 7.68. The molecule has 20 heavy (non-hydrogen) atoms. The molecule has 2 rings (SSSR count). The minimum atomic E-state index is -4.80.